The average Bonchev–Trinajstić information content (AvgIpc) is 2.94. The maximum atomic E-state index is 14.8. The van der Waals surface area contributed by atoms with Gasteiger partial charge in [-0.3, -0.25) is 9.59 Å². The Morgan fingerprint density at radius 3 is 2.46 bits per heavy atom. The molecule has 0 radical (unpaired) electrons. The molecule has 2 aromatic carbocycles. The number of benzene rings is 2. The van der Waals surface area contributed by atoms with Crippen molar-refractivity contribution in [2.24, 2.45) is 0 Å². The second kappa shape index (κ2) is 14.7. The molecule has 3 N–H and O–H groups in total. The normalized spacial score (nSPS) is 14.4. The van der Waals surface area contributed by atoms with Crippen LogP contribution in [0.5, 0.6) is 0 Å². The molecule has 1 fully saturated rings. The van der Waals surface area contributed by atoms with E-state index in [4.69, 9.17) is 5.73 Å². The van der Waals surface area contributed by atoms with Crippen molar-refractivity contribution in [2.45, 2.75) is 59.9 Å². The number of halogens is 1. The summed E-state index contributed by atoms with van der Waals surface area (Å²) >= 11 is 0. The van der Waals surface area contributed by atoms with Crippen LogP contribution in [0.25, 0.3) is 11.3 Å². The standard InChI is InChI=1S/C25H26FN5O2.2C2H6/c1-16(32)31-11-5-8-19(15-31)22-14-28-24(27)23(30-22)18-9-10-20(21(26)12-18)25(33)29-13-17-6-3-2-4-7-17;2*1-2/h2-4,6-7,9-10,12,14,19H,5,8,11,13,15H2,1H3,(H2,27,28)(H,29,33);2*1-2H3. The predicted octanol–water partition coefficient (Wildman–Crippen LogP) is 5.57. The van der Waals surface area contributed by atoms with Gasteiger partial charge in [0, 0.05) is 38.0 Å². The highest BCUT2D eigenvalue weighted by Gasteiger charge is 2.25. The molecule has 4 rings (SSSR count). The molecule has 1 unspecified atom stereocenters. The maximum Gasteiger partial charge on any atom is 0.254 e. The highest BCUT2D eigenvalue weighted by atomic mass is 19.1. The third kappa shape index (κ3) is 7.84. The van der Waals surface area contributed by atoms with Gasteiger partial charge in [0.25, 0.3) is 5.91 Å². The SMILES string of the molecule is CC.CC.CC(=O)N1CCCC(c2cnc(N)c(-c3ccc(C(=O)NCc4ccccc4)c(F)c3)n2)C1. The van der Waals surface area contributed by atoms with Crippen molar-refractivity contribution in [1.29, 1.82) is 0 Å². The minimum atomic E-state index is -0.662. The first-order chi connectivity index (χ1) is 17.9. The fraction of sp³-hybridized carbons (Fsp3) is 0.379. The third-order valence-corrected chi connectivity index (χ3v) is 5.89. The van der Waals surface area contributed by atoms with Crippen LogP contribution in [-0.2, 0) is 11.3 Å². The van der Waals surface area contributed by atoms with E-state index in [2.05, 4.69) is 15.3 Å². The number of likely N-dealkylation sites (tertiary alicyclic amines) is 1. The Bertz CT molecular complexity index is 1170. The second-order valence-corrected chi connectivity index (χ2v) is 8.20. The maximum absolute atomic E-state index is 14.8. The van der Waals surface area contributed by atoms with Crippen LogP contribution in [-0.4, -0.2) is 39.8 Å². The van der Waals surface area contributed by atoms with Crippen LogP contribution in [0, 0.1) is 5.82 Å². The molecule has 198 valence electrons. The quantitative estimate of drug-likeness (QED) is 0.470. The minimum absolute atomic E-state index is 0.0338. The number of carbonyl (C=O) groups excluding carboxylic acids is 2. The number of anilines is 1. The molecule has 0 spiro atoms. The number of carbonyl (C=O) groups is 2. The molecule has 1 aromatic heterocycles. The summed E-state index contributed by atoms with van der Waals surface area (Å²) in [5.74, 6) is -0.903. The van der Waals surface area contributed by atoms with Gasteiger partial charge in [0.1, 0.15) is 17.3 Å². The van der Waals surface area contributed by atoms with Gasteiger partial charge in [-0.05, 0) is 30.5 Å². The highest BCUT2D eigenvalue weighted by molar-refractivity contribution is 5.95. The van der Waals surface area contributed by atoms with Crippen LogP contribution in [0.3, 0.4) is 0 Å². The van der Waals surface area contributed by atoms with E-state index in [0.29, 0.717) is 24.3 Å². The molecule has 7 nitrogen and oxygen atoms in total. The van der Waals surface area contributed by atoms with Gasteiger partial charge in [-0.1, -0.05) is 64.1 Å². The molecule has 0 saturated carbocycles. The summed E-state index contributed by atoms with van der Waals surface area (Å²) in [6.07, 6.45) is 3.39. The zero-order valence-corrected chi connectivity index (χ0v) is 22.4. The van der Waals surface area contributed by atoms with Crippen LogP contribution < -0.4 is 11.1 Å². The van der Waals surface area contributed by atoms with Gasteiger partial charge in [-0.2, -0.15) is 0 Å². The number of rotatable bonds is 5. The van der Waals surface area contributed by atoms with Crippen molar-refractivity contribution in [3.05, 3.63) is 77.4 Å². The molecule has 1 atom stereocenters. The molecule has 1 saturated heterocycles. The number of piperidine rings is 1. The molecule has 0 bridgehead atoms. The Labute approximate surface area is 219 Å². The molecule has 1 aliphatic rings. The Balaban J connectivity index is 0.00000115. The molecule has 8 heteroatoms. The zero-order valence-electron chi connectivity index (χ0n) is 22.4. The van der Waals surface area contributed by atoms with Gasteiger partial charge in [0.05, 0.1) is 17.5 Å². The largest absolute Gasteiger partial charge is 0.382 e. The smallest absolute Gasteiger partial charge is 0.254 e. The van der Waals surface area contributed by atoms with E-state index in [1.807, 2.05) is 58.0 Å². The van der Waals surface area contributed by atoms with E-state index in [9.17, 15) is 14.0 Å². The van der Waals surface area contributed by atoms with Crippen molar-refractivity contribution in [1.82, 2.24) is 20.2 Å². The fourth-order valence-electron chi connectivity index (χ4n) is 4.05. The van der Waals surface area contributed by atoms with Crippen molar-refractivity contribution in [2.75, 3.05) is 18.8 Å². The van der Waals surface area contributed by atoms with Gasteiger partial charge in [-0.25, -0.2) is 14.4 Å². The summed E-state index contributed by atoms with van der Waals surface area (Å²) in [7, 11) is 0. The van der Waals surface area contributed by atoms with Crippen LogP contribution in [0.2, 0.25) is 0 Å². The summed E-state index contributed by atoms with van der Waals surface area (Å²) in [5.41, 5.74) is 8.44. The van der Waals surface area contributed by atoms with Gasteiger partial charge >= 0.3 is 0 Å². The van der Waals surface area contributed by atoms with Crippen LogP contribution in [0.1, 0.15) is 75.0 Å². The molecule has 1 aliphatic heterocycles. The van der Waals surface area contributed by atoms with Crippen molar-refractivity contribution < 1.29 is 14.0 Å². The minimum Gasteiger partial charge on any atom is -0.382 e. The van der Waals surface area contributed by atoms with Gasteiger partial charge < -0.3 is 16.0 Å². The number of nitrogens with one attached hydrogen (secondary N) is 1. The predicted molar refractivity (Wildman–Crippen MR) is 146 cm³/mol. The Kier molecular flexibility index (Phi) is 11.7. The molecule has 0 aliphatic carbocycles. The molecule has 2 heterocycles. The van der Waals surface area contributed by atoms with Gasteiger partial charge in [-0.15, -0.1) is 0 Å². The van der Waals surface area contributed by atoms with Crippen LogP contribution in [0.4, 0.5) is 10.2 Å². The zero-order chi connectivity index (χ0) is 27.4. The number of nitrogen functional groups attached to an aromatic ring is 1. The lowest BCUT2D eigenvalue weighted by Crippen LogP contribution is -2.37. The fourth-order valence-corrected chi connectivity index (χ4v) is 4.05. The van der Waals surface area contributed by atoms with Crippen molar-refractivity contribution in [3.8, 4) is 11.3 Å². The summed E-state index contributed by atoms with van der Waals surface area (Å²) in [4.78, 5) is 34.9. The van der Waals surface area contributed by atoms with Crippen molar-refractivity contribution in [3.63, 3.8) is 0 Å². The second-order valence-electron chi connectivity index (χ2n) is 8.20. The summed E-state index contributed by atoms with van der Waals surface area (Å²) in [6, 6.07) is 13.7. The number of amides is 2. The van der Waals surface area contributed by atoms with E-state index >= 15 is 0 Å². The van der Waals surface area contributed by atoms with E-state index in [1.165, 1.54) is 12.1 Å². The average molecular weight is 508 g/mol. The van der Waals surface area contributed by atoms with Crippen molar-refractivity contribution >= 4 is 17.6 Å². The molecule has 37 heavy (non-hydrogen) atoms. The van der Waals surface area contributed by atoms with Gasteiger partial charge in [0.15, 0.2) is 0 Å². The molecule has 2 amide bonds. The Morgan fingerprint density at radius 1 is 1.11 bits per heavy atom. The highest BCUT2D eigenvalue weighted by Crippen LogP contribution is 2.30. The topological polar surface area (TPSA) is 101 Å². The lowest BCUT2D eigenvalue weighted by molar-refractivity contribution is -0.130. The summed E-state index contributed by atoms with van der Waals surface area (Å²) in [6.45, 7) is 11.2. The number of hydrogen-bond donors (Lipinski definition) is 2. The first-order valence-corrected chi connectivity index (χ1v) is 12.9. The third-order valence-electron chi connectivity index (χ3n) is 5.89. The molecular weight excluding hydrogens is 469 g/mol. The Hall–Kier alpha value is -3.81. The van der Waals surface area contributed by atoms with E-state index in [-0.39, 0.29) is 23.2 Å². The Morgan fingerprint density at radius 2 is 1.81 bits per heavy atom. The number of hydrogen-bond acceptors (Lipinski definition) is 5. The van der Waals surface area contributed by atoms with Crippen LogP contribution in [0.15, 0.2) is 54.7 Å². The molecule has 3 aromatic rings. The van der Waals surface area contributed by atoms with E-state index in [0.717, 1.165) is 30.6 Å². The lowest BCUT2D eigenvalue weighted by Gasteiger charge is -2.31. The summed E-state index contributed by atoms with van der Waals surface area (Å²) in [5, 5.41) is 2.73. The summed E-state index contributed by atoms with van der Waals surface area (Å²) < 4.78 is 14.8. The van der Waals surface area contributed by atoms with E-state index < -0.39 is 11.7 Å². The number of aromatic nitrogens is 2. The lowest BCUT2D eigenvalue weighted by atomic mass is 9.94. The first-order valence-electron chi connectivity index (χ1n) is 12.9. The molecular formula is C29H38FN5O2. The van der Waals surface area contributed by atoms with E-state index in [1.54, 1.807) is 24.1 Å². The number of nitrogens with two attached hydrogens (primary N) is 1. The van der Waals surface area contributed by atoms with Gasteiger partial charge in [0.2, 0.25) is 5.91 Å². The van der Waals surface area contributed by atoms with Crippen LogP contribution >= 0.6 is 0 Å². The number of nitrogens with zero attached hydrogens (tertiary/aromatic N) is 3. The monoisotopic (exact) mass is 507 g/mol. The first kappa shape index (κ1) is 29.4.